The van der Waals surface area contributed by atoms with Gasteiger partial charge in [-0.2, -0.15) is 0 Å². The highest BCUT2D eigenvalue weighted by Crippen LogP contribution is 2.19. The fourth-order valence-electron chi connectivity index (χ4n) is 1.07. The monoisotopic (exact) mass is 255 g/mol. The van der Waals surface area contributed by atoms with Gasteiger partial charge in [-0.1, -0.05) is 6.07 Å². The summed E-state index contributed by atoms with van der Waals surface area (Å²) in [7, 11) is -3.52. The van der Waals surface area contributed by atoms with Crippen LogP contribution in [0.5, 0.6) is 0 Å². The third-order valence-corrected chi connectivity index (χ3v) is 4.54. The second-order valence-electron chi connectivity index (χ2n) is 3.01. The van der Waals surface area contributed by atoms with Gasteiger partial charge >= 0.3 is 0 Å². The van der Waals surface area contributed by atoms with Gasteiger partial charge in [0.2, 0.25) is 0 Å². The lowest BCUT2D eigenvalue weighted by atomic mass is 10.4. The summed E-state index contributed by atoms with van der Waals surface area (Å²) in [5, 5.41) is 1.70. The first-order chi connectivity index (χ1) is 7.58. The summed E-state index contributed by atoms with van der Waals surface area (Å²) < 4.78 is 26.2. The lowest BCUT2D eigenvalue weighted by Gasteiger charge is -2.04. The van der Waals surface area contributed by atoms with Crippen LogP contribution in [0.2, 0.25) is 0 Å². The minimum atomic E-state index is -3.52. The molecule has 0 radical (unpaired) electrons. The Morgan fingerprint density at radius 2 is 2.12 bits per heavy atom. The highest BCUT2D eigenvalue weighted by molar-refractivity contribution is 7.94. The zero-order valence-electron chi connectivity index (χ0n) is 8.12. The Morgan fingerprint density at radius 1 is 1.31 bits per heavy atom. The van der Waals surface area contributed by atoms with E-state index in [0.717, 1.165) is 11.3 Å². The van der Waals surface area contributed by atoms with E-state index < -0.39 is 10.0 Å². The van der Waals surface area contributed by atoms with Crippen molar-refractivity contribution in [3.05, 3.63) is 35.8 Å². The summed E-state index contributed by atoms with van der Waals surface area (Å²) in [6.07, 6.45) is 1.40. The van der Waals surface area contributed by atoms with E-state index in [1.807, 2.05) is 0 Å². The Kier molecular flexibility index (Phi) is 2.80. The molecular weight excluding hydrogens is 246 g/mol. The van der Waals surface area contributed by atoms with Crippen molar-refractivity contribution in [1.82, 2.24) is 4.98 Å². The van der Waals surface area contributed by atoms with E-state index in [1.54, 1.807) is 17.5 Å². The van der Waals surface area contributed by atoms with Gasteiger partial charge in [-0.15, -0.1) is 11.3 Å². The van der Waals surface area contributed by atoms with E-state index in [9.17, 15) is 8.42 Å². The third kappa shape index (κ3) is 2.31. The van der Waals surface area contributed by atoms with Crippen LogP contribution in [0.25, 0.3) is 0 Å². The molecule has 0 fully saturated rings. The number of nitrogens with zero attached hydrogens (tertiary/aromatic N) is 1. The average molecular weight is 255 g/mol. The molecule has 0 spiro atoms. The minimum Gasteiger partial charge on any atom is -0.397 e. The van der Waals surface area contributed by atoms with Crippen LogP contribution in [-0.4, -0.2) is 13.4 Å². The predicted molar refractivity (Wildman–Crippen MR) is 63.8 cm³/mol. The van der Waals surface area contributed by atoms with Gasteiger partial charge in [-0.3, -0.25) is 4.72 Å². The van der Waals surface area contributed by atoms with Crippen LogP contribution in [0.1, 0.15) is 0 Å². The van der Waals surface area contributed by atoms with E-state index in [-0.39, 0.29) is 10.0 Å². The second kappa shape index (κ2) is 4.11. The third-order valence-electron chi connectivity index (χ3n) is 1.79. The maximum Gasteiger partial charge on any atom is 0.272 e. The Labute approximate surface area is 97.0 Å². The molecule has 0 saturated heterocycles. The summed E-state index contributed by atoms with van der Waals surface area (Å²) in [4.78, 5) is 3.86. The Morgan fingerprint density at radius 3 is 2.69 bits per heavy atom. The van der Waals surface area contributed by atoms with Gasteiger partial charge in [0.1, 0.15) is 10.0 Å². The maximum absolute atomic E-state index is 11.8. The molecule has 0 aliphatic rings. The van der Waals surface area contributed by atoms with Gasteiger partial charge < -0.3 is 5.73 Å². The fourth-order valence-corrected chi connectivity index (χ4v) is 3.07. The molecule has 0 saturated carbocycles. The molecule has 5 nitrogen and oxygen atoms in total. The Hall–Kier alpha value is -1.60. The number of pyridine rings is 1. The normalized spacial score (nSPS) is 11.2. The smallest absolute Gasteiger partial charge is 0.272 e. The zero-order chi connectivity index (χ0) is 11.6. The number of anilines is 2. The van der Waals surface area contributed by atoms with Crippen molar-refractivity contribution in [2.75, 3.05) is 10.5 Å². The van der Waals surface area contributed by atoms with E-state index in [2.05, 4.69) is 9.71 Å². The van der Waals surface area contributed by atoms with Crippen LogP contribution in [0.4, 0.5) is 11.5 Å². The molecule has 0 bridgehead atoms. The van der Waals surface area contributed by atoms with Crippen molar-refractivity contribution in [3.8, 4) is 0 Å². The number of nitrogens with one attached hydrogen (secondary N) is 1. The standard InChI is InChI=1S/C9H9N3O2S2/c10-7-3-4-8(11-6-7)12-16(13,14)9-2-1-5-15-9/h1-6H,10H2,(H,11,12). The van der Waals surface area contributed by atoms with Crippen LogP contribution in [0.15, 0.2) is 40.1 Å². The molecule has 0 aromatic carbocycles. The van der Waals surface area contributed by atoms with Crippen molar-refractivity contribution < 1.29 is 8.42 Å². The molecular formula is C9H9N3O2S2. The zero-order valence-corrected chi connectivity index (χ0v) is 9.75. The summed E-state index contributed by atoms with van der Waals surface area (Å²) in [6, 6.07) is 6.31. The highest BCUT2D eigenvalue weighted by atomic mass is 32.2. The molecule has 16 heavy (non-hydrogen) atoms. The molecule has 0 unspecified atom stereocenters. The first-order valence-electron chi connectivity index (χ1n) is 4.36. The van der Waals surface area contributed by atoms with Crippen molar-refractivity contribution in [3.63, 3.8) is 0 Å². The number of nitrogen functional groups attached to an aromatic ring is 1. The first-order valence-corrected chi connectivity index (χ1v) is 6.72. The van der Waals surface area contributed by atoms with E-state index >= 15 is 0 Å². The largest absolute Gasteiger partial charge is 0.397 e. The number of rotatable bonds is 3. The number of aromatic nitrogens is 1. The van der Waals surface area contributed by atoms with Crippen molar-refractivity contribution >= 4 is 32.9 Å². The molecule has 2 rings (SSSR count). The first kappa shape index (κ1) is 10.9. The van der Waals surface area contributed by atoms with Crippen LogP contribution in [0, 0.1) is 0 Å². The quantitative estimate of drug-likeness (QED) is 0.871. The van der Waals surface area contributed by atoms with Gasteiger partial charge in [0.05, 0.1) is 11.9 Å². The molecule has 7 heteroatoms. The van der Waals surface area contributed by atoms with Gasteiger partial charge in [0.25, 0.3) is 10.0 Å². The van der Waals surface area contributed by atoms with Crippen LogP contribution >= 0.6 is 11.3 Å². The number of hydrogen-bond acceptors (Lipinski definition) is 5. The van der Waals surface area contributed by atoms with Gasteiger partial charge in [-0.05, 0) is 23.6 Å². The van der Waals surface area contributed by atoms with Crippen LogP contribution in [0.3, 0.4) is 0 Å². The number of sulfonamides is 1. The van der Waals surface area contributed by atoms with Gasteiger partial charge in [-0.25, -0.2) is 13.4 Å². The molecule has 2 heterocycles. The lowest BCUT2D eigenvalue weighted by molar-refractivity contribution is 0.603. The molecule has 0 atom stereocenters. The minimum absolute atomic E-state index is 0.252. The van der Waals surface area contributed by atoms with Crippen molar-refractivity contribution in [2.45, 2.75) is 4.21 Å². The van der Waals surface area contributed by atoms with Gasteiger partial charge in [0, 0.05) is 0 Å². The van der Waals surface area contributed by atoms with Crippen LogP contribution < -0.4 is 10.5 Å². The molecule has 2 aromatic heterocycles. The fraction of sp³-hybridized carbons (Fsp3) is 0. The SMILES string of the molecule is Nc1ccc(NS(=O)(=O)c2cccs2)nc1. The number of thiophene rings is 1. The molecule has 3 N–H and O–H groups in total. The molecule has 0 aliphatic heterocycles. The number of hydrogen-bond donors (Lipinski definition) is 2. The van der Waals surface area contributed by atoms with Gasteiger partial charge in [0.15, 0.2) is 0 Å². The Balaban J connectivity index is 2.25. The summed E-state index contributed by atoms with van der Waals surface area (Å²) in [6.45, 7) is 0. The molecule has 0 aliphatic carbocycles. The van der Waals surface area contributed by atoms with E-state index in [4.69, 9.17) is 5.73 Å². The molecule has 0 amide bonds. The van der Waals surface area contributed by atoms with E-state index in [0.29, 0.717) is 5.69 Å². The highest BCUT2D eigenvalue weighted by Gasteiger charge is 2.15. The second-order valence-corrected chi connectivity index (χ2v) is 5.87. The Bertz CT molecular complexity index is 561. The van der Waals surface area contributed by atoms with E-state index in [1.165, 1.54) is 18.3 Å². The predicted octanol–water partition coefficient (Wildman–Crippen LogP) is 1.53. The lowest BCUT2D eigenvalue weighted by Crippen LogP contribution is -2.12. The topological polar surface area (TPSA) is 85.1 Å². The maximum atomic E-state index is 11.8. The molecule has 2 aromatic rings. The average Bonchev–Trinajstić information content (AvgIpc) is 2.75. The van der Waals surface area contributed by atoms with Crippen molar-refractivity contribution in [2.24, 2.45) is 0 Å². The summed E-state index contributed by atoms with van der Waals surface area (Å²) in [5.41, 5.74) is 5.93. The molecule has 84 valence electrons. The van der Waals surface area contributed by atoms with Crippen molar-refractivity contribution in [1.29, 1.82) is 0 Å². The van der Waals surface area contributed by atoms with Crippen LogP contribution in [-0.2, 0) is 10.0 Å². The summed E-state index contributed by atoms with van der Waals surface area (Å²) in [5.74, 6) is 0.252. The number of nitrogens with two attached hydrogens (primary N) is 1. The summed E-state index contributed by atoms with van der Waals surface area (Å²) >= 11 is 1.15.